The van der Waals surface area contributed by atoms with Gasteiger partial charge in [0.05, 0.1) is 0 Å². The molecule has 19 heavy (non-hydrogen) atoms. The molecule has 1 saturated heterocycles. The Morgan fingerprint density at radius 1 is 1.37 bits per heavy atom. The van der Waals surface area contributed by atoms with Crippen molar-refractivity contribution in [1.29, 1.82) is 0 Å². The number of nitrogens with one attached hydrogen (secondary N) is 1. The van der Waals surface area contributed by atoms with Crippen LogP contribution in [0.2, 0.25) is 0 Å². The molecule has 0 aromatic heterocycles. The van der Waals surface area contributed by atoms with E-state index >= 15 is 0 Å². The van der Waals surface area contributed by atoms with Gasteiger partial charge in [0.25, 0.3) is 0 Å². The second kappa shape index (κ2) is 5.63. The van der Waals surface area contributed by atoms with Crippen molar-refractivity contribution in [3.63, 3.8) is 0 Å². The third kappa shape index (κ3) is 2.91. The molecule has 2 aliphatic rings. The molecule has 3 unspecified atom stereocenters. The molecular formula is C14H22N2O3. The van der Waals surface area contributed by atoms with Gasteiger partial charge in [-0.05, 0) is 32.1 Å². The number of likely N-dealkylation sites (tertiary alicyclic amines) is 1. The number of fused-ring (bicyclic) bond motifs is 1. The van der Waals surface area contributed by atoms with Crippen molar-refractivity contribution in [2.75, 3.05) is 6.54 Å². The van der Waals surface area contributed by atoms with Crippen LogP contribution in [0.25, 0.3) is 0 Å². The van der Waals surface area contributed by atoms with Gasteiger partial charge in [0, 0.05) is 12.6 Å². The zero-order valence-corrected chi connectivity index (χ0v) is 11.4. The standard InChI is InChI=1S/C14H22N2O3/c1-9(2)8-15-14(19)16-11-6-4-3-5-10(11)7-12(16)13(17)18/h10-12H,1,3-8H2,2H3,(H,15,19)(H,17,18). The molecule has 5 nitrogen and oxygen atoms in total. The van der Waals surface area contributed by atoms with E-state index in [0.717, 1.165) is 31.3 Å². The first-order valence-electron chi connectivity index (χ1n) is 6.94. The SMILES string of the molecule is C=C(C)CNC(=O)N1C(C(=O)O)CC2CCCCC21. The summed E-state index contributed by atoms with van der Waals surface area (Å²) in [6.45, 7) is 5.98. The Morgan fingerprint density at radius 2 is 2.05 bits per heavy atom. The van der Waals surface area contributed by atoms with Crippen LogP contribution in [0.3, 0.4) is 0 Å². The van der Waals surface area contributed by atoms with Gasteiger partial charge in [-0.15, -0.1) is 0 Å². The number of hydrogen-bond donors (Lipinski definition) is 2. The van der Waals surface area contributed by atoms with Crippen LogP contribution in [0.4, 0.5) is 4.79 Å². The maximum Gasteiger partial charge on any atom is 0.326 e. The van der Waals surface area contributed by atoms with Gasteiger partial charge in [-0.3, -0.25) is 0 Å². The number of aliphatic carboxylic acids is 1. The van der Waals surface area contributed by atoms with Gasteiger partial charge in [-0.1, -0.05) is 25.0 Å². The third-order valence-corrected chi connectivity index (χ3v) is 4.15. The Balaban J connectivity index is 2.10. The maximum atomic E-state index is 12.2. The smallest absolute Gasteiger partial charge is 0.326 e. The lowest BCUT2D eigenvalue weighted by atomic mass is 9.85. The summed E-state index contributed by atoms with van der Waals surface area (Å²) in [5.41, 5.74) is 0.861. The molecule has 0 spiro atoms. The van der Waals surface area contributed by atoms with E-state index in [4.69, 9.17) is 0 Å². The zero-order chi connectivity index (χ0) is 14.0. The van der Waals surface area contributed by atoms with Crippen molar-refractivity contribution in [3.8, 4) is 0 Å². The van der Waals surface area contributed by atoms with Crippen LogP contribution < -0.4 is 5.32 Å². The Labute approximate surface area is 113 Å². The number of hydrogen-bond acceptors (Lipinski definition) is 2. The maximum absolute atomic E-state index is 12.2. The average Bonchev–Trinajstić information content (AvgIpc) is 2.75. The van der Waals surface area contributed by atoms with Crippen molar-refractivity contribution in [2.45, 2.75) is 51.1 Å². The van der Waals surface area contributed by atoms with E-state index in [1.807, 2.05) is 6.92 Å². The topological polar surface area (TPSA) is 69.6 Å². The normalized spacial score (nSPS) is 29.7. The van der Waals surface area contributed by atoms with Gasteiger partial charge < -0.3 is 15.3 Å². The van der Waals surface area contributed by atoms with Crippen LogP contribution >= 0.6 is 0 Å². The number of carboxylic acids is 1. The fraction of sp³-hybridized carbons (Fsp3) is 0.714. The van der Waals surface area contributed by atoms with E-state index in [0.29, 0.717) is 18.9 Å². The Hall–Kier alpha value is -1.52. The molecule has 1 saturated carbocycles. The minimum atomic E-state index is -0.889. The first-order chi connectivity index (χ1) is 9.00. The number of nitrogens with zero attached hydrogens (tertiary/aromatic N) is 1. The molecule has 2 rings (SSSR count). The second-order valence-corrected chi connectivity index (χ2v) is 5.72. The van der Waals surface area contributed by atoms with Gasteiger partial charge in [0.1, 0.15) is 6.04 Å². The molecule has 0 bridgehead atoms. The molecule has 1 aliphatic carbocycles. The van der Waals surface area contributed by atoms with Gasteiger partial charge in [-0.25, -0.2) is 9.59 Å². The van der Waals surface area contributed by atoms with Crippen LogP contribution in [0.1, 0.15) is 39.0 Å². The minimum absolute atomic E-state index is 0.0972. The van der Waals surface area contributed by atoms with Crippen molar-refractivity contribution in [1.82, 2.24) is 10.2 Å². The van der Waals surface area contributed by atoms with Gasteiger partial charge >= 0.3 is 12.0 Å². The number of carbonyl (C=O) groups is 2. The second-order valence-electron chi connectivity index (χ2n) is 5.72. The van der Waals surface area contributed by atoms with E-state index in [2.05, 4.69) is 11.9 Å². The number of urea groups is 1. The van der Waals surface area contributed by atoms with E-state index in [1.54, 1.807) is 4.90 Å². The molecule has 2 N–H and O–H groups in total. The molecule has 0 radical (unpaired) electrons. The number of amides is 2. The third-order valence-electron chi connectivity index (χ3n) is 4.15. The van der Waals surface area contributed by atoms with Crippen LogP contribution in [-0.2, 0) is 4.79 Å². The van der Waals surface area contributed by atoms with Gasteiger partial charge in [0.2, 0.25) is 0 Å². The van der Waals surface area contributed by atoms with Crippen molar-refractivity contribution < 1.29 is 14.7 Å². The van der Waals surface area contributed by atoms with Crippen LogP contribution in [0.5, 0.6) is 0 Å². The Bertz CT molecular complexity index is 394. The minimum Gasteiger partial charge on any atom is -0.480 e. The van der Waals surface area contributed by atoms with Crippen molar-refractivity contribution in [3.05, 3.63) is 12.2 Å². The first-order valence-corrected chi connectivity index (χ1v) is 6.94. The molecule has 2 amide bonds. The van der Waals surface area contributed by atoms with Crippen molar-refractivity contribution >= 4 is 12.0 Å². The number of carboxylic acid groups (broad SMARTS) is 1. The first kappa shape index (κ1) is 13.9. The predicted molar refractivity (Wildman–Crippen MR) is 71.8 cm³/mol. The molecule has 2 fully saturated rings. The quantitative estimate of drug-likeness (QED) is 0.767. The van der Waals surface area contributed by atoms with Gasteiger partial charge in [-0.2, -0.15) is 0 Å². The highest BCUT2D eigenvalue weighted by atomic mass is 16.4. The molecule has 1 aliphatic heterocycles. The molecule has 0 aromatic rings. The predicted octanol–water partition coefficient (Wildman–Crippen LogP) is 1.99. The molecule has 3 atom stereocenters. The molecule has 1 heterocycles. The lowest BCUT2D eigenvalue weighted by molar-refractivity contribution is -0.141. The number of rotatable bonds is 3. The Morgan fingerprint density at radius 3 is 2.68 bits per heavy atom. The van der Waals surface area contributed by atoms with E-state index < -0.39 is 12.0 Å². The summed E-state index contributed by atoms with van der Waals surface area (Å²) in [6, 6.07) is -0.831. The highest BCUT2D eigenvalue weighted by Crippen LogP contribution is 2.39. The monoisotopic (exact) mass is 266 g/mol. The van der Waals surface area contributed by atoms with E-state index in [-0.39, 0.29) is 12.1 Å². The Kier molecular flexibility index (Phi) is 4.12. The summed E-state index contributed by atoms with van der Waals surface area (Å²) < 4.78 is 0. The lowest BCUT2D eigenvalue weighted by Crippen LogP contribution is -2.50. The molecule has 5 heteroatoms. The summed E-state index contributed by atoms with van der Waals surface area (Å²) >= 11 is 0. The highest BCUT2D eigenvalue weighted by Gasteiger charge is 2.47. The van der Waals surface area contributed by atoms with Gasteiger partial charge in [0.15, 0.2) is 0 Å². The highest BCUT2D eigenvalue weighted by molar-refractivity contribution is 5.84. The summed E-state index contributed by atoms with van der Waals surface area (Å²) in [7, 11) is 0. The number of carbonyl (C=O) groups excluding carboxylic acids is 1. The van der Waals surface area contributed by atoms with E-state index in [9.17, 15) is 14.7 Å². The van der Waals surface area contributed by atoms with Crippen LogP contribution in [-0.4, -0.2) is 40.6 Å². The average molecular weight is 266 g/mol. The van der Waals surface area contributed by atoms with E-state index in [1.165, 1.54) is 0 Å². The summed E-state index contributed by atoms with van der Waals surface area (Å²) in [5.74, 6) is -0.537. The summed E-state index contributed by atoms with van der Waals surface area (Å²) in [6.07, 6.45) is 4.79. The largest absolute Gasteiger partial charge is 0.480 e. The molecule has 106 valence electrons. The van der Waals surface area contributed by atoms with Crippen LogP contribution in [0.15, 0.2) is 12.2 Å². The summed E-state index contributed by atoms with van der Waals surface area (Å²) in [5, 5.41) is 12.1. The summed E-state index contributed by atoms with van der Waals surface area (Å²) in [4.78, 5) is 25.2. The molecular weight excluding hydrogens is 244 g/mol. The lowest BCUT2D eigenvalue weighted by Gasteiger charge is -2.33. The fourth-order valence-corrected chi connectivity index (χ4v) is 3.29. The van der Waals surface area contributed by atoms with Crippen molar-refractivity contribution in [2.24, 2.45) is 5.92 Å². The molecule has 0 aromatic carbocycles. The fourth-order valence-electron chi connectivity index (χ4n) is 3.29. The van der Waals surface area contributed by atoms with Crippen LogP contribution in [0, 0.1) is 5.92 Å². The zero-order valence-electron chi connectivity index (χ0n) is 11.4.